The molecule has 1 aliphatic rings. The Hall–Kier alpha value is -0.930. The van der Waals surface area contributed by atoms with Gasteiger partial charge in [0.15, 0.2) is 11.5 Å². The van der Waals surface area contributed by atoms with Gasteiger partial charge in [-0.1, -0.05) is 0 Å². The predicted molar refractivity (Wildman–Crippen MR) is 62.0 cm³/mol. The number of halogens is 1. The summed E-state index contributed by atoms with van der Waals surface area (Å²) in [6, 6.07) is 4.18. The van der Waals surface area contributed by atoms with Gasteiger partial charge in [0.05, 0.1) is 14.2 Å². The van der Waals surface area contributed by atoms with Crippen molar-refractivity contribution >= 4 is 12.4 Å². The van der Waals surface area contributed by atoms with Crippen molar-refractivity contribution in [1.82, 2.24) is 0 Å². The lowest BCUT2D eigenvalue weighted by Gasteiger charge is -2.11. The molecule has 0 aromatic heterocycles. The van der Waals surface area contributed by atoms with Crippen LogP contribution in [0.5, 0.6) is 11.5 Å². The van der Waals surface area contributed by atoms with Gasteiger partial charge in [-0.05, 0) is 36.1 Å². The first kappa shape index (κ1) is 12.1. The van der Waals surface area contributed by atoms with Crippen LogP contribution in [0.15, 0.2) is 12.1 Å². The largest absolute Gasteiger partial charge is 0.493 e. The van der Waals surface area contributed by atoms with Gasteiger partial charge < -0.3 is 15.2 Å². The Kier molecular flexibility index (Phi) is 3.83. The van der Waals surface area contributed by atoms with E-state index in [-0.39, 0.29) is 18.4 Å². The number of fused-ring (bicyclic) bond motifs is 1. The van der Waals surface area contributed by atoms with Gasteiger partial charge in [-0.15, -0.1) is 12.4 Å². The molecule has 0 spiro atoms. The van der Waals surface area contributed by atoms with Crippen LogP contribution in [0.4, 0.5) is 0 Å². The average Bonchev–Trinajstić information content (AvgIpc) is 2.58. The zero-order valence-corrected chi connectivity index (χ0v) is 9.76. The summed E-state index contributed by atoms with van der Waals surface area (Å²) in [6.07, 6.45) is 2.06. The highest BCUT2D eigenvalue weighted by Gasteiger charge is 2.21. The maximum absolute atomic E-state index is 5.97. The molecular formula is C11H16ClNO2. The topological polar surface area (TPSA) is 44.5 Å². The Morgan fingerprint density at radius 3 is 2.40 bits per heavy atom. The molecule has 0 bridgehead atoms. The Bertz CT molecular complexity index is 354. The van der Waals surface area contributed by atoms with Gasteiger partial charge in [-0.25, -0.2) is 0 Å². The number of hydrogen-bond donors (Lipinski definition) is 1. The van der Waals surface area contributed by atoms with E-state index >= 15 is 0 Å². The molecule has 3 nitrogen and oxygen atoms in total. The van der Waals surface area contributed by atoms with Gasteiger partial charge in [-0.2, -0.15) is 0 Å². The summed E-state index contributed by atoms with van der Waals surface area (Å²) in [5.41, 5.74) is 8.45. The molecule has 0 saturated carbocycles. The van der Waals surface area contributed by atoms with Crippen LogP contribution < -0.4 is 15.2 Å². The Balaban J connectivity index is 0.00000112. The number of nitrogens with two attached hydrogens (primary N) is 1. The van der Waals surface area contributed by atoms with E-state index < -0.39 is 0 Å². The van der Waals surface area contributed by atoms with E-state index in [1.807, 2.05) is 12.1 Å². The molecule has 1 aliphatic carbocycles. The molecular weight excluding hydrogens is 214 g/mol. The second-order valence-corrected chi connectivity index (χ2v) is 3.55. The normalized spacial score (nSPS) is 17.9. The van der Waals surface area contributed by atoms with Crippen LogP contribution in [0.25, 0.3) is 0 Å². The Labute approximate surface area is 96.0 Å². The molecule has 0 saturated heterocycles. The third-order valence-corrected chi connectivity index (χ3v) is 2.77. The van der Waals surface area contributed by atoms with Crippen LogP contribution in [-0.2, 0) is 6.42 Å². The van der Waals surface area contributed by atoms with Crippen LogP contribution >= 0.6 is 12.4 Å². The van der Waals surface area contributed by atoms with Crippen molar-refractivity contribution in [2.45, 2.75) is 18.9 Å². The van der Waals surface area contributed by atoms with E-state index in [2.05, 4.69) is 0 Å². The fourth-order valence-corrected chi connectivity index (χ4v) is 1.96. The van der Waals surface area contributed by atoms with E-state index in [9.17, 15) is 0 Å². The lowest BCUT2D eigenvalue weighted by molar-refractivity contribution is 0.354. The molecule has 1 atom stereocenters. The monoisotopic (exact) mass is 229 g/mol. The van der Waals surface area contributed by atoms with Crippen molar-refractivity contribution in [3.8, 4) is 11.5 Å². The molecule has 84 valence electrons. The zero-order chi connectivity index (χ0) is 10.1. The first-order chi connectivity index (χ1) is 6.76. The fourth-order valence-electron chi connectivity index (χ4n) is 1.96. The second kappa shape index (κ2) is 4.73. The van der Waals surface area contributed by atoms with Crippen LogP contribution in [0, 0.1) is 0 Å². The first-order valence-electron chi connectivity index (χ1n) is 4.76. The Morgan fingerprint density at radius 1 is 1.20 bits per heavy atom. The third kappa shape index (κ3) is 2.03. The fraction of sp³-hybridized carbons (Fsp3) is 0.455. The SMILES string of the molecule is COc1cc2c(cc1OC)C(N)CC2.Cl. The van der Waals surface area contributed by atoms with Crippen molar-refractivity contribution in [2.75, 3.05) is 14.2 Å². The minimum absolute atomic E-state index is 0. The standard InChI is InChI=1S/C11H15NO2.ClH/c1-13-10-5-7-3-4-9(12)8(7)6-11(10)14-2;/h5-6,9H,3-4,12H2,1-2H3;1H. The summed E-state index contributed by atoms with van der Waals surface area (Å²) in [5, 5.41) is 0. The van der Waals surface area contributed by atoms with Crippen LogP contribution in [0.3, 0.4) is 0 Å². The van der Waals surface area contributed by atoms with Crippen molar-refractivity contribution in [2.24, 2.45) is 5.73 Å². The Morgan fingerprint density at radius 2 is 1.80 bits per heavy atom. The number of rotatable bonds is 2. The van der Waals surface area contributed by atoms with Gasteiger partial charge in [0.1, 0.15) is 0 Å². The maximum atomic E-state index is 5.97. The molecule has 0 aliphatic heterocycles. The molecule has 2 N–H and O–H groups in total. The van der Waals surface area contributed by atoms with E-state index in [0.29, 0.717) is 0 Å². The molecule has 0 amide bonds. The number of ether oxygens (including phenoxy) is 2. The van der Waals surface area contributed by atoms with Gasteiger partial charge in [0.25, 0.3) is 0 Å². The van der Waals surface area contributed by atoms with E-state index in [4.69, 9.17) is 15.2 Å². The summed E-state index contributed by atoms with van der Waals surface area (Å²) >= 11 is 0. The molecule has 0 heterocycles. The average molecular weight is 230 g/mol. The number of methoxy groups -OCH3 is 2. The molecule has 0 fully saturated rings. The summed E-state index contributed by atoms with van der Waals surface area (Å²) in [6.45, 7) is 0. The van der Waals surface area contributed by atoms with Crippen molar-refractivity contribution in [1.29, 1.82) is 0 Å². The van der Waals surface area contributed by atoms with Crippen molar-refractivity contribution in [3.05, 3.63) is 23.3 Å². The van der Waals surface area contributed by atoms with Crippen molar-refractivity contribution in [3.63, 3.8) is 0 Å². The smallest absolute Gasteiger partial charge is 0.161 e. The maximum Gasteiger partial charge on any atom is 0.161 e. The summed E-state index contributed by atoms with van der Waals surface area (Å²) in [7, 11) is 3.30. The van der Waals surface area contributed by atoms with E-state index in [1.54, 1.807) is 14.2 Å². The minimum Gasteiger partial charge on any atom is -0.493 e. The van der Waals surface area contributed by atoms with Gasteiger partial charge in [0.2, 0.25) is 0 Å². The molecule has 15 heavy (non-hydrogen) atoms. The summed E-state index contributed by atoms with van der Waals surface area (Å²) in [4.78, 5) is 0. The lowest BCUT2D eigenvalue weighted by atomic mass is 10.1. The van der Waals surface area contributed by atoms with Crippen LogP contribution in [0.2, 0.25) is 0 Å². The van der Waals surface area contributed by atoms with Gasteiger partial charge >= 0.3 is 0 Å². The molecule has 1 aromatic rings. The van der Waals surface area contributed by atoms with Crippen LogP contribution in [0.1, 0.15) is 23.6 Å². The van der Waals surface area contributed by atoms with Crippen molar-refractivity contribution < 1.29 is 9.47 Å². The molecule has 4 heteroatoms. The number of aryl methyl sites for hydroxylation is 1. The zero-order valence-electron chi connectivity index (χ0n) is 8.95. The number of benzene rings is 1. The van der Waals surface area contributed by atoms with Crippen LogP contribution in [-0.4, -0.2) is 14.2 Å². The van der Waals surface area contributed by atoms with E-state index in [0.717, 1.165) is 24.3 Å². The van der Waals surface area contributed by atoms with Gasteiger partial charge in [-0.3, -0.25) is 0 Å². The lowest BCUT2D eigenvalue weighted by Crippen LogP contribution is -2.05. The molecule has 0 radical (unpaired) electrons. The highest BCUT2D eigenvalue weighted by atomic mass is 35.5. The predicted octanol–water partition coefficient (Wildman–Crippen LogP) is 2.07. The molecule has 2 rings (SSSR count). The van der Waals surface area contributed by atoms with Gasteiger partial charge in [0, 0.05) is 6.04 Å². The summed E-state index contributed by atoms with van der Waals surface area (Å²) < 4.78 is 10.5. The quantitative estimate of drug-likeness (QED) is 0.845. The molecule has 1 unspecified atom stereocenters. The van der Waals surface area contributed by atoms with E-state index in [1.165, 1.54) is 11.1 Å². The highest BCUT2D eigenvalue weighted by molar-refractivity contribution is 5.85. The highest BCUT2D eigenvalue weighted by Crippen LogP contribution is 2.38. The third-order valence-electron chi connectivity index (χ3n) is 2.77. The molecule has 1 aromatic carbocycles. The first-order valence-corrected chi connectivity index (χ1v) is 4.76. The second-order valence-electron chi connectivity index (χ2n) is 3.55. The summed E-state index contributed by atoms with van der Waals surface area (Å²) in [5.74, 6) is 1.56. The number of hydrogen-bond acceptors (Lipinski definition) is 3. The minimum atomic E-state index is 0.